The number of hydrogen-bond acceptors (Lipinski definition) is 3. The Morgan fingerprint density at radius 2 is 1.80 bits per heavy atom. The van der Waals surface area contributed by atoms with Gasteiger partial charge in [0.2, 0.25) is 0 Å². The smallest absolute Gasteiger partial charge is 0.0475 e. The molecule has 1 aliphatic rings. The average molecular weight is 276 g/mol. The predicted octanol–water partition coefficient (Wildman–Crippen LogP) is 1.85. The number of aliphatic hydroxyl groups is 1. The van der Waals surface area contributed by atoms with Crippen molar-refractivity contribution >= 4 is 0 Å². The third-order valence-electron chi connectivity index (χ3n) is 4.38. The lowest BCUT2D eigenvalue weighted by atomic mass is 9.97. The van der Waals surface area contributed by atoms with E-state index in [1.807, 2.05) is 0 Å². The van der Waals surface area contributed by atoms with Crippen LogP contribution in [0.25, 0.3) is 0 Å². The van der Waals surface area contributed by atoms with E-state index in [0.717, 1.165) is 32.6 Å². The lowest BCUT2D eigenvalue weighted by Gasteiger charge is -2.20. The van der Waals surface area contributed by atoms with E-state index in [1.165, 1.54) is 11.1 Å². The topological polar surface area (TPSA) is 26.7 Å². The first-order valence-corrected chi connectivity index (χ1v) is 7.68. The van der Waals surface area contributed by atoms with Gasteiger partial charge in [-0.15, -0.1) is 0 Å². The van der Waals surface area contributed by atoms with Gasteiger partial charge in [0.1, 0.15) is 0 Å². The van der Waals surface area contributed by atoms with Gasteiger partial charge in [-0.05, 0) is 43.5 Å². The highest BCUT2D eigenvalue weighted by molar-refractivity contribution is 5.27. The van der Waals surface area contributed by atoms with Gasteiger partial charge in [0.15, 0.2) is 0 Å². The maximum absolute atomic E-state index is 9.59. The highest BCUT2D eigenvalue weighted by Gasteiger charge is 2.32. The summed E-state index contributed by atoms with van der Waals surface area (Å²) in [7, 11) is 4.23. The zero-order valence-electron chi connectivity index (χ0n) is 13.0. The number of benzene rings is 1. The molecule has 0 aliphatic carbocycles. The Kier molecular flexibility index (Phi) is 5.58. The fraction of sp³-hybridized carbons (Fsp3) is 0.647. The van der Waals surface area contributed by atoms with E-state index in [9.17, 15) is 5.11 Å². The Hall–Kier alpha value is -0.900. The van der Waals surface area contributed by atoms with Crippen LogP contribution < -0.4 is 0 Å². The van der Waals surface area contributed by atoms with Crippen LogP contribution in [0.4, 0.5) is 0 Å². The zero-order chi connectivity index (χ0) is 14.5. The molecule has 2 rings (SSSR count). The lowest BCUT2D eigenvalue weighted by Crippen LogP contribution is -2.28. The van der Waals surface area contributed by atoms with Crippen molar-refractivity contribution in [2.45, 2.75) is 19.9 Å². The second-order valence-corrected chi connectivity index (χ2v) is 6.28. The number of aryl methyl sites for hydroxylation is 1. The maximum Gasteiger partial charge on any atom is 0.0475 e. The standard InChI is InChI=1S/C17H28N2O/c1-4-14-7-5-6-8-15(14)10-19-11-16(9-18(2)3)17(12-19)13-20/h5-8,16-17,20H,4,9-13H2,1-3H3/t16-,17-/m1/s1. The Bertz CT molecular complexity index is 419. The van der Waals surface area contributed by atoms with Gasteiger partial charge < -0.3 is 10.0 Å². The number of likely N-dealkylation sites (tertiary alicyclic amines) is 1. The molecule has 0 amide bonds. The van der Waals surface area contributed by atoms with Crippen molar-refractivity contribution in [3.8, 4) is 0 Å². The molecule has 0 saturated carbocycles. The van der Waals surface area contributed by atoms with Gasteiger partial charge in [0.25, 0.3) is 0 Å². The number of rotatable bonds is 6. The predicted molar refractivity (Wildman–Crippen MR) is 83.7 cm³/mol. The van der Waals surface area contributed by atoms with Crippen LogP contribution in [0.3, 0.4) is 0 Å². The van der Waals surface area contributed by atoms with Crippen molar-refractivity contribution in [2.24, 2.45) is 11.8 Å². The summed E-state index contributed by atoms with van der Waals surface area (Å²) in [5, 5.41) is 9.59. The minimum absolute atomic E-state index is 0.310. The lowest BCUT2D eigenvalue weighted by molar-refractivity contribution is 0.183. The molecule has 1 aliphatic heterocycles. The van der Waals surface area contributed by atoms with Crippen LogP contribution >= 0.6 is 0 Å². The van der Waals surface area contributed by atoms with E-state index in [1.54, 1.807) is 0 Å². The molecule has 3 heteroatoms. The second-order valence-electron chi connectivity index (χ2n) is 6.28. The monoisotopic (exact) mass is 276 g/mol. The minimum atomic E-state index is 0.310. The molecule has 112 valence electrons. The molecule has 1 aromatic rings. The van der Waals surface area contributed by atoms with E-state index in [0.29, 0.717) is 18.4 Å². The molecule has 1 heterocycles. The van der Waals surface area contributed by atoms with Crippen molar-refractivity contribution in [1.82, 2.24) is 9.80 Å². The molecule has 0 aromatic heterocycles. The summed E-state index contributed by atoms with van der Waals surface area (Å²) in [4.78, 5) is 4.74. The summed E-state index contributed by atoms with van der Waals surface area (Å²) in [6.45, 7) is 6.73. The summed E-state index contributed by atoms with van der Waals surface area (Å²) in [5.74, 6) is 1.01. The normalized spacial score (nSPS) is 23.6. The number of hydrogen-bond donors (Lipinski definition) is 1. The highest BCUT2D eigenvalue weighted by atomic mass is 16.3. The molecule has 1 saturated heterocycles. The number of aliphatic hydroxyl groups excluding tert-OH is 1. The third-order valence-corrected chi connectivity index (χ3v) is 4.38. The first-order valence-electron chi connectivity index (χ1n) is 7.68. The van der Waals surface area contributed by atoms with E-state index in [4.69, 9.17) is 0 Å². The van der Waals surface area contributed by atoms with Crippen molar-refractivity contribution in [2.75, 3.05) is 40.3 Å². The van der Waals surface area contributed by atoms with Crippen LogP contribution in [0, 0.1) is 11.8 Å². The van der Waals surface area contributed by atoms with Crippen molar-refractivity contribution < 1.29 is 5.11 Å². The molecule has 0 unspecified atom stereocenters. The van der Waals surface area contributed by atoms with Gasteiger partial charge >= 0.3 is 0 Å². The van der Waals surface area contributed by atoms with Gasteiger partial charge in [-0.2, -0.15) is 0 Å². The van der Waals surface area contributed by atoms with Gasteiger partial charge in [-0.3, -0.25) is 4.90 Å². The number of nitrogens with zero attached hydrogens (tertiary/aromatic N) is 2. The molecule has 1 fully saturated rings. The van der Waals surface area contributed by atoms with Crippen molar-refractivity contribution in [1.29, 1.82) is 0 Å². The summed E-state index contributed by atoms with van der Waals surface area (Å²) < 4.78 is 0. The van der Waals surface area contributed by atoms with E-state index in [2.05, 4.69) is 55.1 Å². The molecule has 0 spiro atoms. The van der Waals surface area contributed by atoms with Gasteiger partial charge in [0.05, 0.1) is 0 Å². The molecule has 0 bridgehead atoms. The van der Waals surface area contributed by atoms with Crippen molar-refractivity contribution in [3.05, 3.63) is 35.4 Å². The van der Waals surface area contributed by atoms with Crippen molar-refractivity contribution in [3.63, 3.8) is 0 Å². The Balaban J connectivity index is 2.00. The fourth-order valence-corrected chi connectivity index (χ4v) is 3.35. The van der Waals surface area contributed by atoms with Crippen LogP contribution in [0.1, 0.15) is 18.1 Å². The Labute approximate surface area is 123 Å². The van der Waals surface area contributed by atoms with Crippen LogP contribution in [0.5, 0.6) is 0 Å². The molecule has 0 radical (unpaired) electrons. The molecular formula is C17H28N2O. The SMILES string of the molecule is CCc1ccccc1CN1C[C@@H](CN(C)C)[C@@H](CO)C1. The highest BCUT2D eigenvalue weighted by Crippen LogP contribution is 2.26. The molecule has 1 N–H and O–H groups in total. The Morgan fingerprint density at radius 3 is 2.40 bits per heavy atom. The summed E-state index contributed by atoms with van der Waals surface area (Å²) in [5.41, 5.74) is 2.89. The Morgan fingerprint density at radius 1 is 1.15 bits per heavy atom. The molecule has 1 aromatic carbocycles. The van der Waals surface area contributed by atoms with E-state index < -0.39 is 0 Å². The van der Waals surface area contributed by atoms with Gasteiger partial charge in [-0.1, -0.05) is 31.2 Å². The zero-order valence-corrected chi connectivity index (χ0v) is 13.0. The molecule has 3 nitrogen and oxygen atoms in total. The first kappa shape index (κ1) is 15.5. The quantitative estimate of drug-likeness (QED) is 0.859. The summed E-state index contributed by atoms with van der Waals surface area (Å²) >= 11 is 0. The van der Waals surface area contributed by atoms with E-state index in [-0.39, 0.29) is 0 Å². The minimum Gasteiger partial charge on any atom is -0.396 e. The van der Waals surface area contributed by atoms with Crippen LogP contribution in [-0.2, 0) is 13.0 Å². The largest absolute Gasteiger partial charge is 0.396 e. The summed E-state index contributed by atoms with van der Waals surface area (Å²) in [6, 6.07) is 8.72. The molecule has 20 heavy (non-hydrogen) atoms. The summed E-state index contributed by atoms with van der Waals surface area (Å²) in [6.07, 6.45) is 1.09. The van der Waals surface area contributed by atoms with Crippen LogP contribution in [0.2, 0.25) is 0 Å². The first-order chi connectivity index (χ1) is 9.63. The third kappa shape index (κ3) is 3.81. The molecular weight excluding hydrogens is 248 g/mol. The molecule has 2 atom stereocenters. The van der Waals surface area contributed by atoms with Gasteiger partial charge in [-0.25, -0.2) is 0 Å². The van der Waals surface area contributed by atoms with Crippen LogP contribution in [-0.4, -0.2) is 55.2 Å². The van der Waals surface area contributed by atoms with E-state index >= 15 is 0 Å². The van der Waals surface area contributed by atoms with Gasteiger partial charge in [0, 0.05) is 32.8 Å². The average Bonchev–Trinajstić information content (AvgIpc) is 2.80. The maximum atomic E-state index is 9.59. The van der Waals surface area contributed by atoms with Crippen LogP contribution in [0.15, 0.2) is 24.3 Å². The second kappa shape index (κ2) is 7.21. The fourth-order valence-electron chi connectivity index (χ4n) is 3.35.